The molecule has 2 heterocycles. The number of carboxylic acids is 1. The van der Waals surface area contributed by atoms with E-state index in [1.54, 1.807) is 0 Å². The molecule has 1 fully saturated rings. The third-order valence-corrected chi connectivity index (χ3v) is 4.69. The maximum atomic E-state index is 11.9. The van der Waals surface area contributed by atoms with Gasteiger partial charge >= 0.3 is 12.0 Å². The number of urea groups is 1. The molecule has 0 spiro atoms. The SMILES string of the molecule is O=C(O)[C@H]1CCCN(C(=O)NC2C=CS(=O)(=O)C2)C1. The van der Waals surface area contributed by atoms with Gasteiger partial charge in [0, 0.05) is 18.5 Å². The van der Waals surface area contributed by atoms with E-state index in [4.69, 9.17) is 5.11 Å². The van der Waals surface area contributed by atoms with Crippen molar-refractivity contribution in [3.8, 4) is 0 Å². The third-order valence-electron chi connectivity index (χ3n) is 3.30. The van der Waals surface area contributed by atoms with Crippen LogP contribution in [0.4, 0.5) is 4.79 Å². The Morgan fingerprint density at radius 2 is 2.11 bits per heavy atom. The number of hydrogen-bond donors (Lipinski definition) is 2. The smallest absolute Gasteiger partial charge is 0.317 e. The predicted molar refractivity (Wildman–Crippen MR) is 67.2 cm³/mol. The second kappa shape index (κ2) is 5.20. The molecular weight excluding hydrogens is 272 g/mol. The Morgan fingerprint density at radius 1 is 1.37 bits per heavy atom. The van der Waals surface area contributed by atoms with Crippen molar-refractivity contribution in [3.05, 3.63) is 11.5 Å². The lowest BCUT2D eigenvalue weighted by atomic mass is 9.99. The monoisotopic (exact) mass is 288 g/mol. The number of carboxylic acid groups (broad SMARTS) is 1. The first-order valence-corrected chi connectivity index (χ1v) is 7.78. The molecule has 2 amide bonds. The highest BCUT2D eigenvalue weighted by Gasteiger charge is 2.30. The van der Waals surface area contributed by atoms with Gasteiger partial charge in [-0.3, -0.25) is 4.79 Å². The summed E-state index contributed by atoms with van der Waals surface area (Å²) in [6.45, 7) is 0.670. The Kier molecular flexibility index (Phi) is 3.79. The van der Waals surface area contributed by atoms with E-state index in [0.29, 0.717) is 19.4 Å². The van der Waals surface area contributed by atoms with Crippen molar-refractivity contribution in [1.82, 2.24) is 10.2 Å². The number of likely N-dealkylation sites (tertiary alicyclic amines) is 1. The van der Waals surface area contributed by atoms with Gasteiger partial charge in [-0.05, 0) is 18.9 Å². The van der Waals surface area contributed by atoms with Gasteiger partial charge in [0.1, 0.15) is 0 Å². The Bertz CT molecular complexity index is 513. The molecule has 0 aromatic carbocycles. The topological polar surface area (TPSA) is 104 Å². The van der Waals surface area contributed by atoms with Crippen LogP contribution in [0, 0.1) is 5.92 Å². The lowest BCUT2D eigenvalue weighted by Gasteiger charge is -2.31. The molecule has 0 aliphatic carbocycles. The van der Waals surface area contributed by atoms with Crippen molar-refractivity contribution >= 4 is 21.8 Å². The fraction of sp³-hybridized carbons (Fsp3) is 0.636. The molecule has 0 saturated carbocycles. The molecule has 0 aromatic heterocycles. The average Bonchev–Trinajstić information content (AvgIpc) is 2.68. The van der Waals surface area contributed by atoms with Crippen LogP contribution in [-0.4, -0.2) is 55.3 Å². The van der Waals surface area contributed by atoms with Crippen LogP contribution < -0.4 is 5.32 Å². The van der Waals surface area contributed by atoms with Crippen molar-refractivity contribution in [3.63, 3.8) is 0 Å². The number of sulfone groups is 1. The summed E-state index contributed by atoms with van der Waals surface area (Å²) >= 11 is 0. The maximum Gasteiger partial charge on any atom is 0.317 e. The second-order valence-corrected chi connectivity index (χ2v) is 6.77. The van der Waals surface area contributed by atoms with Gasteiger partial charge in [-0.15, -0.1) is 0 Å². The van der Waals surface area contributed by atoms with Crippen LogP contribution in [0.3, 0.4) is 0 Å². The molecule has 8 heteroatoms. The molecular formula is C11H16N2O5S. The Labute approximate surface area is 111 Å². The van der Waals surface area contributed by atoms with Crippen LogP contribution >= 0.6 is 0 Å². The van der Waals surface area contributed by atoms with Crippen LogP contribution in [0.2, 0.25) is 0 Å². The summed E-state index contributed by atoms with van der Waals surface area (Å²) in [5.74, 6) is -1.57. The number of nitrogens with one attached hydrogen (secondary N) is 1. The molecule has 2 aliphatic rings. The normalized spacial score (nSPS) is 29.2. The zero-order valence-corrected chi connectivity index (χ0v) is 11.1. The Morgan fingerprint density at radius 3 is 2.68 bits per heavy atom. The van der Waals surface area contributed by atoms with E-state index in [9.17, 15) is 18.0 Å². The van der Waals surface area contributed by atoms with E-state index in [1.165, 1.54) is 11.0 Å². The maximum absolute atomic E-state index is 11.9. The van der Waals surface area contributed by atoms with Gasteiger partial charge in [0.25, 0.3) is 0 Å². The number of nitrogens with zero attached hydrogens (tertiary/aromatic N) is 1. The number of carbonyl (C=O) groups is 2. The highest BCUT2D eigenvalue weighted by atomic mass is 32.2. The van der Waals surface area contributed by atoms with Crippen molar-refractivity contribution in [2.45, 2.75) is 18.9 Å². The predicted octanol–water partition coefficient (Wildman–Crippen LogP) is -0.197. The first kappa shape index (κ1) is 13.9. The van der Waals surface area contributed by atoms with Gasteiger partial charge in [-0.25, -0.2) is 13.2 Å². The zero-order valence-electron chi connectivity index (χ0n) is 10.3. The van der Waals surface area contributed by atoms with E-state index >= 15 is 0 Å². The zero-order chi connectivity index (χ0) is 14.0. The largest absolute Gasteiger partial charge is 0.481 e. The van der Waals surface area contributed by atoms with Crippen LogP contribution in [0.25, 0.3) is 0 Å². The van der Waals surface area contributed by atoms with Gasteiger partial charge in [-0.2, -0.15) is 0 Å². The molecule has 0 bridgehead atoms. The number of amides is 2. The molecule has 2 N–H and O–H groups in total. The van der Waals surface area contributed by atoms with E-state index in [2.05, 4.69) is 5.32 Å². The minimum atomic E-state index is -3.20. The molecule has 7 nitrogen and oxygen atoms in total. The first-order chi connectivity index (χ1) is 8.87. The summed E-state index contributed by atoms with van der Waals surface area (Å²) in [5, 5.41) is 12.6. The van der Waals surface area contributed by atoms with Gasteiger partial charge in [0.05, 0.1) is 17.7 Å². The quantitative estimate of drug-likeness (QED) is 0.732. The van der Waals surface area contributed by atoms with E-state index < -0.39 is 33.8 Å². The number of carbonyl (C=O) groups excluding carboxylic acids is 1. The molecule has 2 aliphatic heterocycles. The summed E-state index contributed by atoms with van der Waals surface area (Å²) in [7, 11) is -3.20. The van der Waals surface area contributed by atoms with Crippen LogP contribution in [0.5, 0.6) is 0 Å². The molecule has 0 radical (unpaired) electrons. The van der Waals surface area contributed by atoms with E-state index in [-0.39, 0.29) is 12.3 Å². The standard InChI is InChI=1S/C11H16N2O5S/c14-10(15)8-2-1-4-13(6-8)11(16)12-9-3-5-19(17,18)7-9/h3,5,8-9H,1-2,4,6-7H2,(H,12,16)(H,14,15)/t8-,9?/m0/s1. The molecule has 1 saturated heterocycles. The fourth-order valence-electron chi connectivity index (χ4n) is 2.28. The van der Waals surface area contributed by atoms with E-state index in [0.717, 1.165) is 5.41 Å². The highest BCUT2D eigenvalue weighted by Crippen LogP contribution is 2.17. The minimum Gasteiger partial charge on any atom is -0.481 e. The molecule has 106 valence electrons. The Hall–Kier alpha value is -1.57. The summed E-state index contributed by atoms with van der Waals surface area (Å²) in [4.78, 5) is 24.3. The highest BCUT2D eigenvalue weighted by molar-refractivity contribution is 7.94. The van der Waals surface area contributed by atoms with Crippen LogP contribution in [0.15, 0.2) is 11.5 Å². The third kappa shape index (κ3) is 3.46. The van der Waals surface area contributed by atoms with Gasteiger partial charge < -0.3 is 15.3 Å². The first-order valence-electron chi connectivity index (χ1n) is 6.06. The summed E-state index contributed by atoms with van der Waals surface area (Å²) < 4.78 is 22.4. The second-order valence-electron chi connectivity index (χ2n) is 4.84. The molecule has 2 rings (SSSR count). The number of aliphatic carboxylic acids is 1. The number of piperidine rings is 1. The minimum absolute atomic E-state index is 0.130. The van der Waals surface area contributed by atoms with E-state index in [1.807, 2.05) is 0 Å². The summed E-state index contributed by atoms with van der Waals surface area (Å²) in [5.41, 5.74) is 0. The number of rotatable bonds is 2. The lowest BCUT2D eigenvalue weighted by Crippen LogP contribution is -2.49. The lowest BCUT2D eigenvalue weighted by molar-refractivity contribution is -0.143. The summed E-state index contributed by atoms with van der Waals surface area (Å²) in [6, 6.07) is -0.930. The van der Waals surface area contributed by atoms with Gasteiger partial charge in [0.2, 0.25) is 0 Å². The van der Waals surface area contributed by atoms with Crippen molar-refractivity contribution in [2.75, 3.05) is 18.8 Å². The average molecular weight is 288 g/mol. The fourth-order valence-corrected chi connectivity index (χ4v) is 3.51. The van der Waals surface area contributed by atoms with Crippen molar-refractivity contribution in [1.29, 1.82) is 0 Å². The van der Waals surface area contributed by atoms with Gasteiger partial charge in [0.15, 0.2) is 9.84 Å². The van der Waals surface area contributed by atoms with Crippen LogP contribution in [-0.2, 0) is 14.6 Å². The molecule has 1 unspecified atom stereocenters. The Balaban J connectivity index is 1.90. The molecule has 0 aromatic rings. The van der Waals surface area contributed by atoms with Crippen molar-refractivity contribution in [2.24, 2.45) is 5.92 Å². The van der Waals surface area contributed by atoms with Gasteiger partial charge in [-0.1, -0.05) is 0 Å². The van der Waals surface area contributed by atoms with Crippen LogP contribution in [0.1, 0.15) is 12.8 Å². The molecule has 19 heavy (non-hydrogen) atoms. The number of hydrogen-bond acceptors (Lipinski definition) is 4. The van der Waals surface area contributed by atoms with Crippen molar-refractivity contribution < 1.29 is 23.1 Å². The molecule has 2 atom stereocenters. The summed E-state index contributed by atoms with van der Waals surface area (Å²) in [6.07, 6.45) is 2.64.